The summed E-state index contributed by atoms with van der Waals surface area (Å²) in [6.07, 6.45) is 0. The van der Waals surface area contributed by atoms with E-state index >= 15 is 0 Å². The highest BCUT2D eigenvalue weighted by atomic mass is 14.8. The zero-order valence-electron chi connectivity index (χ0n) is 6.23. The van der Waals surface area contributed by atoms with Crippen molar-refractivity contribution >= 4 is 5.84 Å². The summed E-state index contributed by atoms with van der Waals surface area (Å²) in [5.74, 6) is 0.0579. The van der Waals surface area contributed by atoms with E-state index in [1.165, 1.54) is 0 Å². The summed E-state index contributed by atoms with van der Waals surface area (Å²) in [5, 5.41) is 7.01. The van der Waals surface area contributed by atoms with Gasteiger partial charge in [0.05, 0.1) is 6.04 Å². The number of amidine groups is 1. The van der Waals surface area contributed by atoms with Gasteiger partial charge in [-0.3, -0.25) is 5.41 Å². The van der Waals surface area contributed by atoms with E-state index in [-0.39, 0.29) is 17.3 Å². The molecule has 0 radical (unpaired) electrons. The standard InChI is InChI=1S/C6H15N3/c1-6(2,3)4(7)5(8)9/h4H,7H2,1-3H3,(H3,8,9). The second-order valence-corrected chi connectivity index (χ2v) is 3.30. The molecule has 54 valence electrons. The summed E-state index contributed by atoms with van der Waals surface area (Å²) in [4.78, 5) is 0. The highest BCUT2D eigenvalue weighted by molar-refractivity contribution is 5.83. The molecule has 0 fully saturated rings. The molecule has 0 aromatic rings. The number of rotatable bonds is 1. The first-order valence-corrected chi connectivity index (χ1v) is 2.95. The summed E-state index contributed by atoms with van der Waals surface area (Å²) >= 11 is 0. The van der Waals surface area contributed by atoms with Crippen LogP contribution in [0.4, 0.5) is 0 Å². The largest absolute Gasteiger partial charge is 0.386 e. The molecule has 0 aromatic carbocycles. The van der Waals surface area contributed by atoms with Crippen LogP contribution in [0.25, 0.3) is 0 Å². The zero-order valence-corrected chi connectivity index (χ0v) is 6.23. The van der Waals surface area contributed by atoms with Crippen LogP contribution in [0.5, 0.6) is 0 Å². The number of nitrogens with two attached hydrogens (primary N) is 2. The summed E-state index contributed by atoms with van der Waals surface area (Å²) in [6.45, 7) is 5.87. The van der Waals surface area contributed by atoms with Crippen LogP contribution in [0.15, 0.2) is 0 Å². The van der Waals surface area contributed by atoms with Crippen molar-refractivity contribution in [1.29, 1.82) is 5.41 Å². The number of hydrogen-bond acceptors (Lipinski definition) is 2. The molecule has 3 nitrogen and oxygen atoms in total. The van der Waals surface area contributed by atoms with Crippen molar-refractivity contribution in [2.75, 3.05) is 0 Å². The van der Waals surface area contributed by atoms with Gasteiger partial charge in [0.15, 0.2) is 0 Å². The summed E-state index contributed by atoms with van der Waals surface area (Å²) < 4.78 is 0. The Kier molecular flexibility index (Phi) is 2.20. The summed E-state index contributed by atoms with van der Waals surface area (Å²) in [7, 11) is 0. The van der Waals surface area contributed by atoms with Crippen LogP contribution in [0.2, 0.25) is 0 Å². The molecule has 3 heteroatoms. The predicted octanol–water partition coefficient (Wildman–Crippen LogP) is 0.296. The molecule has 0 bridgehead atoms. The Bertz CT molecular complexity index is 112. The molecule has 0 spiro atoms. The molecule has 0 rings (SSSR count). The lowest BCUT2D eigenvalue weighted by molar-refractivity contribution is 0.379. The maximum atomic E-state index is 7.01. The molecule has 0 heterocycles. The summed E-state index contributed by atoms with van der Waals surface area (Å²) in [6, 6.07) is -0.322. The van der Waals surface area contributed by atoms with Crippen molar-refractivity contribution in [2.24, 2.45) is 16.9 Å². The maximum absolute atomic E-state index is 7.01. The minimum absolute atomic E-state index is 0.0579. The predicted molar refractivity (Wildman–Crippen MR) is 39.3 cm³/mol. The maximum Gasteiger partial charge on any atom is 0.108 e. The first-order chi connectivity index (χ1) is 3.85. The van der Waals surface area contributed by atoms with Gasteiger partial charge in [-0.15, -0.1) is 0 Å². The van der Waals surface area contributed by atoms with E-state index in [4.69, 9.17) is 16.9 Å². The third-order valence-corrected chi connectivity index (χ3v) is 1.27. The Morgan fingerprint density at radius 3 is 1.78 bits per heavy atom. The van der Waals surface area contributed by atoms with E-state index in [0.29, 0.717) is 0 Å². The van der Waals surface area contributed by atoms with Crippen molar-refractivity contribution in [3.63, 3.8) is 0 Å². The number of hydrogen-bond donors (Lipinski definition) is 3. The van der Waals surface area contributed by atoms with Gasteiger partial charge in [-0.25, -0.2) is 0 Å². The average Bonchev–Trinajstić information content (AvgIpc) is 1.62. The molecule has 0 amide bonds. The lowest BCUT2D eigenvalue weighted by Crippen LogP contribution is -2.45. The van der Waals surface area contributed by atoms with E-state index in [9.17, 15) is 0 Å². The minimum atomic E-state index is -0.322. The molecular weight excluding hydrogens is 114 g/mol. The second-order valence-electron chi connectivity index (χ2n) is 3.30. The van der Waals surface area contributed by atoms with Gasteiger partial charge in [0.2, 0.25) is 0 Å². The van der Waals surface area contributed by atoms with Gasteiger partial charge in [-0.2, -0.15) is 0 Å². The van der Waals surface area contributed by atoms with Gasteiger partial charge in [-0.1, -0.05) is 20.8 Å². The van der Waals surface area contributed by atoms with Crippen molar-refractivity contribution < 1.29 is 0 Å². The van der Waals surface area contributed by atoms with Crippen LogP contribution in [0.1, 0.15) is 20.8 Å². The van der Waals surface area contributed by atoms with Crippen molar-refractivity contribution in [1.82, 2.24) is 0 Å². The van der Waals surface area contributed by atoms with Crippen LogP contribution < -0.4 is 11.5 Å². The first kappa shape index (κ1) is 8.43. The van der Waals surface area contributed by atoms with Gasteiger partial charge in [0.1, 0.15) is 5.84 Å². The molecule has 9 heavy (non-hydrogen) atoms. The normalized spacial score (nSPS) is 15.1. The Morgan fingerprint density at radius 2 is 1.78 bits per heavy atom. The van der Waals surface area contributed by atoms with Gasteiger partial charge in [0.25, 0.3) is 0 Å². The van der Waals surface area contributed by atoms with Gasteiger partial charge in [0, 0.05) is 0 Å². The molecule has 0 aliphatic carbocycles. The quantitative estimate of drug-likeness (QED) is 0.351. The Labute approximate surface area is 55.9 Å². The molecule has 0 aliphatic heterocycles. The second kappa shape index (κ2) is 2.35. The minimum Gasteiger partial charge on any atom is -0.386 e. The highest BCUT2D eigenvalue weighted by Gasteiger charge is 2.22. The van der Waals surface area contributed by atoms with E-state index in [0.717, 1.165) is 0 Å². The molecule has 5 N–H and O–H groups in total. The smallest absolute Gasteiger partial charge is 0.108 e. The van der Waals surface area contributed by atoms with Crippen molar-refractivity contribution in [2.45, 2.75) is 26.8 Å². The highest BCUT2D eigenvalue weighted by Crippen LogP contribution is 2.16. The molecule has 1 unspecified atom stereocenters. The first-order valence-electron chi connectivity index (χ1n) is 2.95. The van der Waals surface area contributed by atoms with E-state index in [1.54, 1.807) is 0 Å². The Balaban J connectivity index is 4.04. The zero-order chi connectivity index (χ0) is 7.65. The lowest BCUT2D eigenvalue weighted by Gasteiger charge is -2.25. The fourth-order valence-electron chi connectivity index (χ4n) is 0.467. The SMILES string of the molecule is CC(C)(C)C(N)C(=N)N. The van der Waals surface area contributed by atoms with Crippen LogP contribution >= 0.6 is 0 Å². The third-order valence-electron chi connectivity index (χ3n) is 1.27. The summed E-state index contributed by atoms with van der Waals surface area (Å²) in [5.41, 5.74) is 10.6. The molecule has 0 aliphatic rings. The Hall–Kier alpha value is -0.570. The van der Waals surface area contributed by atoms with Crippen LogP contribution in [0.3, 0.4) is 0 Å². The number of nitrogens with one attached hydrogen (secondary N) is 1. The monoisotopic (exact) mass is 129 g/mol. The van der Waals surface area contributed by atoms with Gasteiger partial charge < -0.3 is 11.5 Å². The van der Waals surface area contributed by atoms with Crippen LogP contribution in [-0.2, 0) is 0 Å². The molecule has 1 atom stereocenters. The van der Waals surface area contributed by atoms with Crippen LogP contribution in [-0.4, -0.2) is 11.9 Å². The van der Waals surface area contributed by atoms with Crippen molar-refractivity contribution in [3.05, 3.63) is 0 Å². The molecule has 0 saturated heterocycles. The van der Waals surface area contributed by atoms with E-state index in [2.05, 4.69) is 0 Å². The fraction of sp³-hybridized carbons (Fsp3) is 0.833. The Morgan fingerprint density at radius 1 is 1.44 bits per heavy atom. The third kappa shape index (κ3) is 2.46. The lowest BCUT2D eigenvalue weighted by atomic mass is 9.87. The van der Waals surface area contributed by atoms with Crippen molar-refractivity contribution in [3.8, 4) is 0 Å². The molecular formula is C6H15N3. The van der Waals surface area contributed by atoms with Crippen LogP contribution in [0, 0.1) is 10.8 Å². The molecule has 0 aromatic heterocycles. The van der Waals surface area contributed by atoms with Gasteiger partial charge in [-0.05, 0) is 5.41 Å². The molecule has 0 saturated carbocycles. The van der Waals surface area contributed by atoms with E-state index < -0.39 is 0 Å². The fourth-order valence-corrected chi connectivity index (χ4v) is 0.467. The van der Waals surface area contributed by atoms with Gasteiger partial charge >= 0.3 is 0 Å². The van der Waals surface area contributed by atoms with E-state index in [1.807, 2.05) is 20.8 Å². The average molecular weight is 129 g/mol. The topological polar surface area (TPSA) is 75.9 Å².